The van der Waals surface area contributed by atoms with Crippen LogP contribution in [0.15, 0.2) is 24.3 Å². The van der Waals surface area contributed by atoms with Gasteiger partial charge in [-0.15, -0.1) is 0 Å². The lowest BCUT2D eigenvalue weighted by molar-refractivity contribution is -0.152. The average molecular weight is 335 g/mol. The maximum absolute atomic E-state index is 11.9. The van der Waals surface area contributed by atoms with Gasteiger partial charge in [0.2, 0.25) is 0 Å². The lowest BCUT2D eigenvalue weighted by Crippen LogP contribution is -2.38. The van der Waals surface area contributed by atoms with Gasteiger partial charge < -0.3 is 19.1 Å². The van der Waals surface area contributed by atoms with Crippen LogP contribution in [0.3, 0.4) is 0 Å². The molecule has 0 N–H and O–H groups in total. The first-order valence-electron chi connectivity index (χ1n) is 8.39. The van der Waals surface area contributed by atoms with E-state index in [1.54, 1.807) is 12.0 Å². The van der Waals surface area contributed by atoms with E-state index in [9.17, 15) is 9.59 Å². The van der Waals surface area contributed by atoms with Crippen LogP contribution >= 0.6 is 0 Å². The van der Waals surface area contributed by atoms with E-state index in [1.807, 2.05) is 24.3 Å². The summed E-state index contributed by atoms with van der Waals surface area (Å²) in [6, 6.07) is 7.26. The molecular weight excluding hydrogens is 310 g/mol. The van der Waals surface area contributed by atoms with E-state index in [2.05, 4.69) is 0 Å². The Hall–Kier alpha value is -2.24. The first-order valence-corrected chi connectivity index (χ1v) is 8.39. The molecule has 1 saturated heterocycles. The van der Waals surface area contributed by atoms with Gasteiger partial charge in [0.15, 0.2) is 6.61 Å². The van der Waals surface area contributed by atoms with E-state index in [1.165, 1.54) is 0 Å². The van der Waals surface area contributed by atoms with E-state index in [0.717, 1.165) is 43.9 Å². The third-order valence-corrected chi connectivity index (χ3v) is 3.92. The number of rotatable bonds is 8. The minimum Gasteiger partial charge on any atom is -0.497 e. The van der Waals surface area contributed by atoms with E-state index in [-0.39, 0.29) is 24.9 Å². The molecule has 1 amide bonds. The van der Waals surface area contributed by atoms with Crippen LogP contribution in [0.5, 0.6) is 11.5 Å². The van der Waals surface area contributed by atoms with Crippen LogP contribution in [0.25, 0.3) is 0 Å². The Morgan fingerprint density at radius 3 is 2.38 bits per heavy atom. The van der Waals surface area contributed by atoms with Crippen molar-refractivity contribution < 1.29 is 23.8 Å². The van der Waals surface area contributed by atoms with Crippen molar-refractivity contribution in [2.75, 3.05) is 33.4 Å². The first-order chi connectivity index (χ1) is 11.7. The van der Waals surface area contributed by atoms with Gasteiger partial charge in [0.25, 0.3) is 5.91 Å². The smallest absolute Gasteiger partial charge is 0.306 e. The molecule has 1 aliphatic rings. The number of hydrogen-bond donors (Lipinski definition) is 0. The van der Waals surface area contributed by atoms with Crippen molar-refractivity contribution in [2.45, 2.75) is 32.1 Å². The van der Waals surface area contributed by atoms with Crippen LogP contribution in [-0.2, 0) is 14.3 Å². The molecule has 0 spiro atoms. The number of likely N-dealkylation sites (tertiary alicyclic amines) is 1. The Kier molecular flexibility index (Phi) is 7.39. The predicted molar refractivity (Wildman–Crippen MR) is 89.1 cm³/mol. The second kappa shape index (κ2) is 9.80. The fraction of sp³-hybridized carbons (Fsp3) is 0.556. The van der Waals surface area contributed by atoms with Crippen LogP contribution in [0, 0.1) is 0 Å². The molecule has 24 heavy (non-hydrogen) atoms. The standard InChI is InChI=1S/C18H25NO5/c1-22-15-7-9-16(10-8-15)23-13-5-6-18(21)24-14-17(20)19-11-3-2-4-12-19/h7-10H,2-6,11-14H2,1H3. The van der Waals surface area contributed by atoms with E-state index in [4.69, 9.17) is 14.2 Å². The molecule has 6 heteroatoms. The highest BCUT2D eigenvalue weighted by atomic mass is 16.5. The maximum Gasteiger partial charge on any atom is 0.306 e. The van der Waals surface area contributed by atoms with E-state index in [0.29, 0.717) is 13.0 Å². The van der Waals surface area contributed by atoms with Gasteiger partial charge in [-0.2, -0.15) is 0 Å². The van der Waals surface area contributed by atoms with Crippen LogP contribution in [0.2, 0.25) is 0 Å². The molecule has 0 aromatic heterocycles. The van der Waals surface area contributed by atoms with Gasteiger partial charge in [-0.25, -0.2) is 0 Å². The fourth-order valence-corrected chi connectivity index (χ4v) is 2.53. The molecule has 132 valence electrons. The third-order valence-electron chi connectivity index (χ3n) is 3.92. The largest absolute Gasteiger partial charge is 0.497 e. The van der Waals surface area contributed by atoms with Gasteiger partial charge in [0.1, 0.15) is 11.5 Å². The summed E-state index contributed by atoms with van der Waals surface area (Å²) in [4.78, 5) is 25.3. The Balaban J connectivity index is 1.56. The van der Waals surface area contributed by atoms with Crippen molar-refractivity contribution in [1.29, 1.82) is 0 Å². The summed E-state index contributed by atoms with van der Waals surface area (Å²) in [6.07, 6.45) is 4.01. The molecule has 1 aromatic rings. The number of carbonyl (C=O) groups excluding carboxylic acids is 2. The summed E-state index contributed by atoms with van der Waals surface area (Å²) >= 11 is 0. The molecule has 0 unspecified atom stereocenters. The first kappa shape index (κ1) is 18.1. The summed E-state index contributed by atoms with van der Waals surface area (Å²) in [6.45, 7) is 1.80. The lowest BCUT2D eigenvalue weighted by Gasteiger charge is -2.26. The van der Waals surface area contributed by atoms with Crippen molar-refractivity contribution in [2.24, 2.45) is 0 Å². The van der Waals surface area contributed by atoms with E-state index >= 15 is 0 Å². The van der Waals surface area contributed by atoms with Crippen LogP contribution in [0.1, 0.15) is 32.1 Å². The Morgan fingerprint density at radius 1 is 1.04 bits per heavy atom. The van der Waals surface area contributed by atoms with Crippen molar-refractivity contribution in [1.82, 2.24) is 4.90 Å². The van der Waals surface area contributed by atoms with Crippen LogP contribution < -0.4 is 9.47 Å². The summed E-state index contributed by atoms with van der Waals surface area (Å²) < 4.78 is 15.6. The molecule has 6 nitrogen and oxygen atoms in total. The van der Waals surface area contributed by atoms with Gasteiger partial charge in [0, 0.05) is 19.5 Å². The number of esters is 1. The quantitative estimate of drug-likeness (QED) is 0.539. The second-order valence-corrected chi connectivity index (χ2v) is 5.73. The molecule has 0 bridgehead atoms. The zero-order valence-electron chi connectivity index (χ0n) is 14.2. The Morgan fingerprint density at radius 2 is 1.71 bits per heavy atom. The summed E-state index contributed by atoms with van der Waals surface area (Å²) in [7, 11) is 1.61. The van der Waals surface area contributed by atoms with Gasteiger partial charge in [-0.05, 0) is 49.9 Å². The average Bonchev–Trinajstić information content (AvgIpc) is 2.64. The molecule has 0 aliphatic carbocycles. The molecule has 1 aliphatic heterocycles. The van der Waals surface area contributed by atoms with Gasteiger partial charge in [-0.3, -0.25) is 9.59 Å². The number of benzene rings is 1. The van der Waals surface area contributed by atoms with Gasteiger partial charge in [-0.1, -0.05) is 0 Å². The molecule has 2 rings (SSSR count). The second-order valence-electron chi connectivity index (χ2n) is 5.73. The molecular formula is C18H25NO5. The number of amides is 1. The van der Waals surface area contributed by atoms with Crippen molar-refractivity contribution >= 4 is 11.9 Å². The molecule has 0 radical (unpaired) electrons. The van der Waals surface area contributed by atoms with Crippen molar-refractivity contribution in [3.63, 3.8) is 0 Å². The van der Waals surface area contributed by atoms with Crippen LogP contribution in [0.4, 0.5) is 0 Å². The lowest BCUT2D eigenvalue weighted by atomic mass is 10.1. The molecule has 1 heterocycles. The van der Waals surface area contributed by atoms with Crippen LogP contribution in [-0.4, -0.2) is 50.2 Å². The molecule has 0 saturated carbocycles. The monoisotopic (exact) mass is 335 g/mol. The Labute approximate surface area is 142 Å². The molecule has 0 atom stereocenters. The van der Waals surface area contributed by atoms with Gasteiger partial charge >= 0.3 is 5.97 Å². The zero-order valence-corrected chi connectivity index (χ0v) is 14.2. The normalized spacial score (nSPS) is 14.1. The number of nitrogens with zero attached hydrogens (tertiary/aromatic N) is 1. The third kappa shape index (κ3) is 6.10. The van der Waals surface area contributed by atoms with Crippen molar-refractivity contribution in [3.8, 4) is 11.5 Å². The summed E-state index contributed by atoms with van der Waals surface area (Å²) in [5.74, 6) is 1.03. The fourth-order valence-electron chi connectivity index (χ4n) is 2.53. The topological polar surface area (TPSA) is 65.1 Å². The zero-order chi connectivity index (χ0) is 17.2. The maximum atomic E-state index is 11.9. The van der Waals surface area contributed by atoms with Crippen molar-refractivity contribution in [3.05, 3.63) is 24.3 Å². The molecule has 1 fully saturated rings. The summed E-state index contributed by atoms with van der Waals surface area (Å²) in [5.41, 5.74) is 0. The van der Waals surface area contributed by atoms with Gasteiger partial charge in [0.05, 0.1) is 13.7 Å². The highest BCUT2D eigenvalue weighted by molar-refractivity contribution is 5.80. The minimum atomic E-state index is -0.362. The Bertz CT molecular complexity index is 523. The SMILES string of the molecule is COc1ccc(OCCCC(=O)OCC(=O)N2CCCCC2)cc1. The highest BCUT2D eigenvalue weighted by Crippen LogP contribution is 2.17. The number of hydrogen-bond acceptors (Lipinski definition) is 5. The highest BCUT2D eigenvalue weighted by Gasteiger charge is 2.17. The number of carbonyl (C=O) groups is 2. The number of ether oxygens (including phenoxy) is 3. The predicted octanol–water partition coefficient (Wildman–Crippen LogP) is 2.41. The minimum absolute atomic E-state index is 0.0995. The number of methoxy groups -OCH3 is 1. The molecule has 1 aromatic carbocycles. The summed E-state index contributed by atoms with van der Waals surface area (Å²) in [5, 5.41) is 0. The van der Waals surface area contributed by atoms with E-state index < -0.39 is 0 Å². The number of piperidine rings is 1.